The molecule has 0 amide bonds. The highest BCUT2D eigenvalue weighted by atomic mass is 35.5. The van der Waals surface area contributed by atoms with Crippen LogP contribution in [-0.2, 0) is 41.3 Å². The van der Waals surface area contributed by atoms with Crippen LogP contribution in [0.3, 0.4) is 0 Å². The number of carboxylic acid groups (broad SMARTS) is 1. The van der Waals surface area contributed by atoms with Crippen molar-refractivity contribution < 1.29 is 23.1 Å². The standard InChI is InChI=1S/C30H32ClN5O5S/c1-4-22-16-36(42(39,40)27-12-21(31)14-32-30(27)41-22)15-20-11-19(10-18-6-5-7-24(18)20)25(13-28(37)38)23-8-9-26-29(17(23)2)33-34-35(26)3/h8-12,14,22,25H,4-7,13,15-16H2,1-3H3,(H,37,38)/t22-,25-/m1/s1. The van der Waals surface area contributed by atoms with Gasteiger partial charge in [-0.05, 0) is 78.1 Å². The number of pyridine rings is 1. The number of hydrogen-bond donors (Lipinski definition) is 1. The Morgan fingerprint density at radius 1 is 1.24 bits per heavy atom. The highest BCUT2D eigenvalue weighted by Crippen LogP contribution is 2.39. The second kappa shape index (κ2) is 10.9. The molecule has 12 heteroatoms. The average molecular weight is 610 g/mol. The summed E-state index contributed by atoms with van der Waals surface area (Å²) < 4.78 is 37.1. The number of ether oxygens (including phenoxy) is 1. The molecule has 0 spiro atoms. The van der Waals surface area contributed by atoms with Crippen LogP contribution in [0, 0.1) is 6.92 Å². The number of nitrogens with zero attached hydrogens (tertiary/aromatic N) is 5. The number of aryl methyl sites for hydroxylation is 3. The molecule has 0 saturated heterocycles. The van der Waals surface area contributed by atoms with Crippen molar-refractivity contribution in [3.05, 3.63) is 74.9 Å². The van der Waals surface area contributed by atoms with Crippen LogP contribution in [0.2, 0.25) is 5.02 Å². The second-order valence-corrected chi connectivity index (χ2v) is 13.4. The molecule has 2 atom stereocenters. The Labute approximate surface area is 249 Å². The van der Waals surface area contributed by atoms with Crippen LogP contribution in [0.4, 0.5) is 0 Å². The summed E-state index contributed by atoms with van der Waals surface area (Å²) in [7, 11) is -2.16. The quantitative estimate of drug-likeness (QED) is 0.317. The van der Waals surface area contributed by atoms with Crippen LogP contribution in [0.15, 0.2) is 41.4 Å². The van der Waals surface area contributed by atoms with E-state index in [2.05, 4.69) is 21.4 Å². The minimum Gasteiger partial charge on any atom is -0.481 e. The maximum Gasteiger partial charge on any atom is 0.304 e. The number of aromatic nitrogens is 4. The van der Waals surface area contributed by atoms with Crippen LogP contribution in [-0.4, -0.2) is 56.4 Å². The molecule has 1 N–H and O–H groups in total. The molecule has 10 nitrogen and oxygen atoms in total. The molecule has 0 fully saturated rings. The number of benzene rings is 2. The molecule has 1 aliphatic heterocycles. The zero-order valence-corrected chi connectivity index (χ0v) is 25.2. The maximum atomic E-state index is 14.0. The van der Waals surface area contributed by atoms with E-state index in [1.54, 1.807) is 4.68 Å². The molecule has 6 rings (SSSR count). The summed E-state index contributed by atoms with van der Waals surface area (Å²) in [5, 5.41) is 18.6. The minimum atomic E-state index is -3.98. The van der Waals surface area contributed by atoms with Gasteiger partial charge < -0.3 is 9.84 Å². The van der Waals surface area contributed by atoms with Gasteiger partial charge in [-0.1, -0.05) is 41.9 Å². The highest BCUT2D eigenvalue weighted by Gasteiger charge is 2.36. The van der Waals surface area contributed by atoms with E-state index in [0.717, 1.165) is 63.7 Å². The SMILES string of the molecule is CC[C@@H]1CN(Cc2cc([C@@H](CC(=O)O)c3ccc4c(nnn4C)c3C)cc3c2CCC3)S(=O)(=O)c2cc(Cl)cnc2O1. The number of carbonyl (C=O) groups is 1. The van der Waals surface area contributed by atoms with E-state index in [1.165, 1.54) is 16.6 Å². The topological polar surface area (TPSA) is 128 Å². The van der Waals surface area contributed by atoms with E-state index in [4.69, 9.17) is 16.3 Å². The van der Waals surface area contributed by atoms with Gasteiger partial charge in [0, 0.05) is 25.7 Å². The first kappa shape index (κ1) is 28.6. The van der Waals surface area contributed by atoms with E-state index in [9.17, 15) is 18.3 Å². The molecule has 0 radical (unpaired) electrons. The van der Waals surface area contributed by atoms with Gasteiger partial charge in [-0.2, -0.15) is 4.31 Å². The molecular weight excluding hydrogens is 578 g/mol. The summed E-state index contributed by atoms with van der Waals surface area (Å²) in [6.07, 6.45) is 4.13. The fourth-order valence-electron chi connectivity index (χ4n) is 6.27. The molecule has 0 bridgehead atoms. The third kappa shape index (κ3) is 5.03. The maximum absolute atomic E-state index is 14.0. The van der Waals surface area contributed by atoms with E-state index >= 15 is 0 Å². The van der Waals surface area contributed by atoms with Crippen LogP contribution in [0.1, 0.15) is 65.5 Å². The van der Waals surface area contributed by atoms with E-state index in [0.29, 0.717) is 6.42 Å². The van der Waals surface area contributed by atoms with Crippen molar-refractivity contribution in [2.75, 3.05) is 6.54 Å². The van der Waals surface area contributed by atoms with Gasteiger partial charge in [0.05, 0.1) is 23.5 Å². The third-order valence-corrected chi connectivity index (χ3v) is 10.5. The number of fused-ring (bicyclic) bond motifs is 3. The molecule has 2 aliphatic rings. The van der Waals surface area contributed by atoms with Crippen molar-refractivity contribution in [3.63, 3.8) is 0 Å². The molecule has 2 aromatic heterocycles. The Kier molecular flexibility index (Phi) is 7.44. The number of halogens is 1. The second-order valence-electron chi connectivity index (χ2n) is 11.1. The van der Waals surface area contributed by atoms with Crippen molar-refractivity contribution >= 4 is 38.6 Å². The molecule has 3 heterocycles. The van der Waals surface area contributed by atoms with Crippen LogP contribution in [0.5, 0.6) is 5.88 Å². The first-order valence-electron chi connectivity index (χ1n) is 14.0. The van der Waals surface area contributed by atoms with Crippen molar-refractivity contribution in [1.29, 1.82) is 0 Å². The lowest BCUT2D eigenvalue weighted by atomic mass is 9.83. The van der Waals surface area contributed by atoms with Crippen LogP contribution < -0.4 is 4.74 Å². The lowest BCUT2D eigenvalue weighted by Crippen LogP contribution is -2.36. The van der Waals surface area contributed by atoms with Gasteiger partial charge in [0.1, 0.15) is 16.5 Å². The smallest absolute Gasteiger partial charge is 0.304 e. The lowest BCUT2D eigenvalue weighted by molar-refractivity contribution is -0.137. The number of hydrogen-bond acceptors (Lipinski definition) is 7. The average Bonchev–Trinajstić information content (AvgIpc) is 3.56. The number of sulfonamides is 1. The summed E-state index contributed by atoms with van der Waals surface area (Å²) in [4.78, 5) is 16.3. The third-order valence-electron chi connectivity index (χ3n) is 8.46. The zero-order chi connectivity index (χ0) is 29.8. The molecule has 2 aromatic carbocycles. The summed E-state index contributed by atoms with van der Waals surface area (Å²) in [5.41, 5.74) is 7.35. The van der Waals surface area contributed by atoms with E-state index in [-0.39, 0.29) is 41.4 Å². The molecule has 42 heavy (non-hydrogen) atoms. The predicted octanol–water partition coefficient (Wildman–Crippen LogP) is 4.78. The Balaban J connectivity index is 1.46. The van der Waals surface area contributed by atoms with E-state index in [1.807, 2.05) is 39.1 Å². The first-order valence-corrected chi connectivity index (χ1v) is 15.9. The first-order chi connectivity index (χ1) is 20.1. The van der Waals surface area contributed by atoms with Gasteiger partial charge in [0.25, 0.3) is 0 Å². The van der Waals surface area contributed by atoms with Gasteiger partial charge in [0.15, 0.2) is 0 Å². The minimum absolute atomic E-state index is 0.0459. The molecule has 0 unspecified atom stereocenters. The van der Waals surface area contributed by atoms with Gasteiger partial charge >= 0.3 is 5.97 Å². The van der Waals surface area contributed by atoms with E-state index < -0.39 is 21.9 Å². The zero-order valence-electron chi connectivity index (χ0n) is 23.7. The summed E-state index contributed by atoms with van der Waals surface area (Å²) in [6.45, 7) is 4.18. The van der Waals surface area contributed by atoms with Gasteiger partial charge in [-0.15, -0.1) is 5.10 Å². The summed E-state index contributed by atoms with van der Waals surface area (Å²) in [6, 6.07) is 9.37. The van der Waals surface area contributed by atoms with Crippen LogP contribution >= 0.6 is 11.6 Å². The van der Waals surface area contributed by atoms with Crippen molar-refractivity contribution in [3.8, 4) is 5.88 Å². The van der Waals surface area contributed by atoms with Crippen molar-refractivity contribution in [2.45, 2.75) is 69.4 Å². The normalized spacial score (nSPS) is 18.7. The Bertz CT molecular complexity index is 1820. The van der Waals surface area contributed by atoms with Crippen molar-refractivity contribution in [1.82, 2.24) is 24.3 Å². The number of rotatable bonds is 7. The van der Waals surface area contributed by atoms with Crippen molar-refractivity contribution in [2.24, 2.45) is 7.05 Å². The van der Waals surface area contributed by atoms with Crippen LogP contribution in [0.25, 0.3) is 11.0 Å². The molecule has 220 valence electrons. The van der Waals surface area contributed by atoms with Gasteiger partial charge in [-0.3, -0.25) is 4.79 Å². The molecule has 1 aliphatic carbocycles. The summed E-state index contributed by atoms with van der Waals surface area (Å²) in [5.74, 6) is -1.31. The molecule has 0 saturated carbocycles. The fourth-order valence-corrected chi connectivity index (χ4v) is 8.04. The summed E-state index contributed by atoms with van der Waals surface area (Å²) >= 11 is 6.16. The fraction of sp³-hybridized carbons (Fsp3) is 0.400. The Hall–Kier alpha value is -3.54. The number of aliphatic carboxylic acids is 1. The predicted molar refractivity (Wildman–Crippen MR) is 157 cm³/mol. The monoisotopic (exact) mass is 609 g/mol. The highest BCUT2D eigenvalue weighted by molar-refractivity contribution is 7.89. The molecule has 4 aromatic rings. The molecular formula is C30H32ClN5O5S. The Morgan fingerprint density at radius 3 is 2.81 bits per heavy atom. The largest absolute Gasteiger partial charge is 0.481 e. The lowest BCUT2D eigenvalue weighted by Gasteiger charge is -2.25. The van der Waals surface area contributed by atoms with Gasteiger partial charge in [-0.25, -0.2) is 18.1 Å². The number of carboxylic acids is 1. The Morgan fingerprint density at radius 2 is 2.05 bits per heavy atom. The van der Waals surface area contributed by atoms with Gasteiger partial charge in [0.2, 0.25) is 15.9 Å².